The first kappa shape index (κ1) is 23.5. The zero-order chi connectivity index (χ0) is 24.6. The maximum atomic E-state index is 13.2. The molecule has 1 aliphatic rings. The van der Waals surface area contributed by atoms with Gasteiger partial charge in [0, 0.05) is 24.0 Å². The summed E-state index contributed by atoms with van der Waals surface area (Å²) in [7, 11) is 1.32. The minimum Gasteiger partial charge on any atom is -0.494 e. The Balaban J connectivity index is 1.70. The Morgan fingerprint density at radius 2 is 1.97 bits per heavy atom. The van der Waals surface area contributed by atoms with Gasteiger partial charge in [0.2, 0.25) is 11.8 Å². The van der Waals surface area contributed by atoms with Crippen molar-refractivity contribution in [2.75, 3.05) is 20.2 Å². The number of hydrogen-bond acceptors (Lipinski definition) is 7. The maximum Gasteiger partial charge on any atom is 0.433 e. The molecule has 3 N–H and O–H groups in total. The number of rotatable bonds is 6. The number of halogens is 3. The predicted octanol–water partition coefficient (Wildman–Crippen LogP) is 2.73. The summed E-state index contributed by atoms with van der Waals surface area (Å²) in [5, 5.41) is 2.88. The molecule has 1 aliphatic heterocycles. The zero-order valence-electron chi connectivity index (χ0n) is 18.4. The van der Waals surface area contributed by atoms with Crippen molar-refractivity contribution in [2.45, 2.75) is 32.1 Å². The molecule has 3 aromatic rings. The minimum absolute atomic E-state index is 0.0264. The molecule has 1 atom stereocenters. The SMILES string of the molecule is COc1ccc(-c2nc(C(=O)N[C@H](C)C(=O)N3CCC3)c(CN)o2)c2ccc(C(F)(F)F)nc12. The van der Waals surface area contributed by atoms with Crippen LogP contribution in [0.25, 0.3) is 22.4 Å². The number of nitrogens with one attached hydrogen (secondary N) is 1. The number of benzene rings is 1. The van der Waals surface area contributed by atoms with Crippen molar-refractivity contribution in [3.05, 3.63) is 41.4 Å². The smallest absolute Gasteiger partial charge is 0.433 e. The van der Waals surface area contributed by atoms with Crippen molar-refractivity contribution in [3.8, 4) is 17.2 Å². The molecule has 34 heavy (non-hydrogen) atoms. The van der Waals surface area contributed by atoms with Gasteiger partial charge in [-0.1, -0.05) is 0 Å². The van der Waals surface area contributed by atoms with Gasteiger partial charge in [-0.3, -0.25) is 9.59 Å². The number of amides is 2. The molecule has 0 bridgehead atoms. The molecular weight excluding hydrogens is 455 g/mol. The summed E-state index contributed by atoms with van der Waals surface area (Å²) in [5.41, 5.74) is 4.81. The monoisotopic (exact) mass is 477 g/mol. The Morgan fingerprint density at radius 3 is 2.56 bits per heavy atom. The number of methoxy groups -OCH3 is 1. The molecule has 3 heterocycles. The molecule has 0 saturated carbocycles. The number of nitrogens with zero attached hydrogens (tertiary/aromatic N) is 3. The fraction of sp³-hybridized carbons (Fsp3) is 0.364. The van der Waals surface area contributed by atoms with Crippen molar-refractivity contribution in [2.24, 2.45) is 5.73 Å². The highest BCUT2D eigenvalue weighted by molar-refractivity contribution is 5.99. The van der Waals surface area contributed by atoms with Crippen molar-refractivity contribution in [1.29, 1.82) is 0 Å². The molecule has 4 rings (SSSR count). The molecule has 0 unspecified atom stereocenters. The number of fused-ring (bicyclic) bond motifs is 1. The fourth-order valence-electron chi connectivity index (χ4n) is 3.62. The van der Waals surface area contributed by atoms with Gasteiger partial charge in [-0.2, -0.15) is 13.2 Å². The van der Waals surface area contributed by atoms with Crippen molar-refractivity contribution >= 4 is 22.7 Å². The molecule has 1 saturated heterocycles. The molecule has 180 valence electrons. The molecule has 1 fully saturated rings. The van der Waals surface area contributed by atoms with Gasteiger partial charge in [0.15, 0.2) is 11.5 Å². The Labute approximate surface area is 192 Å². The highest BCUT2D eigenvalue weighted by Gasteiger charge is 2.33. The van der Waals surface area contributed by atoms with E-state index >= 15 is 0 Å². The highest BCUT2D eigenvalue weighted by Crippen LogP contribution is 2.36. The number of carbonyl (C=O) groups excluding carboxylic acids is 2. The third-order valence-electron chi connectivity index (χ3n) is 5.54. The van der Waals surface area contributed by atoms with Crippen molar-refractivity contribution in [1.82, 2.24) is 20.2 Å². The maximum absolute atomic E-state index is 13.2. The van der Waals surface area contributed by atoms with Crippen LogP contribution in [0.3, 0.4) is 0 Å². The second kappa shape index (κ2) is 8.93. The summed E-state index contributed by atoms with van der Waals surface area (Å²) in [6, 6.07) is 4.29. The third kappa shape index (κ3) is 4.28. The molecule has 0 radical (unpaired) electrons. The van der Waals surface area contributed by atoms with Crippen molar-refractivity contribution < 1.29 is 31.9 Å². The average Bonchev–Trinajstić information content (AvgIpc) is 3.20. The lowest BCUT2D eigenvalue weighted by atomic mass is 10.1. The van der Waals surface area contributed by atoms with Gasteiger partial charge >= 0.3 is 6.18 Å². The number of oxazole rings is 1. The first-order valence-electron chi connectivity index (χ1n) is 10.5. The van der Waals surface area contributed by atoms with Gasteiger partial charge in [0.05, 0.1) is 13.7 Å². The summed E-state index contributed by atoms with van der Waals surface area (Å²) in [4.78, 5) is 34.7. The van der Waals surface area contributed by atoms with Crippen LogP contribution in [0.15, 0.2) is 28.7 Å². The van der Waals surface area contributed by atoms with Crippen LogP contribution in [0, 0.1) is 0 Å². The van der Waals surface area contributed by atoms with Gasteiger partial charge < -0.3 is 25.1 Å². The lowest BCUT2D eigenvalue weighted by Crippen LogP contribution is -2.51. The second-order valence-corrected chi connectivity index (χ2v) is 7.77. The van der Waals surface area contributed by atoms with E-state index in [1.165, 1.54) is 19.2 Å². The quantitative estimate of drug-likeness (QED) is 0.560. The number of pyridine rings is 1. The van der Waals surface area contributed by atoms with Crippen LogP contribution < -0.4 is 15.8 Å². The molecule has 2 aromatic heterocycles. The number of carbonyl (C=O) groups is 2. The van der Waals surface area contributed by atoms with Crippen LogP contribution in [0.5, 0.6) is 5.75 Å². The Kier molecular flexibility index (Phi) is 6.17. The number of aromatic nitrogens is 2. The minimum atomic E-state index is -4.64. The molecule has 9 nitrogen and oxygen atoms in total. The standard InChI is InChI=1S/C22H22F3N5O4/c1-11(21(32)30-8-3-9-30)27-19(31)18-15(10-26)34-20(29-18)13-4-6-14(33-2)17-12(13)5-7-16(28-17)22(23,24)25/h4-7,11H,3,8-10,26H2,1-2H3,(H,27,31)/t11-/m1/s1. The Bertz CT molecular complexity index is 1250. The van der Waals surface area contributed by atoms with E-state index in [0.29, 0.717) is 18.7 Å². The van der Waals surface area contributed by atoms with Gasteiger partial charge in [-0.15, -0.1) is 0 Å². The molecule has 2 amide bonds. The number of ether oxygens (including phenoxy) is 1. The highest BCUT2D eigenvalue weighted by atomic mass is 19.4. The lowest BCUT2D eigenvalue weighted by Gasteiger charge is -2.33. The molecule has 0 spiro atoms. The second-order valence-electron chi connectivity index (χ2n) is 7.77. The number of alkyl halides is 3. The van der Waals surface area contributed by atoms with Gasteiger partial charge in [-0.05, 0) is 37.6 Å². The lowest BCUT2D eigenvalue weighted by molar-refractivity contribution is -0.141. The van der Waals surface area contributed by atoms with Crippen molar-refractivity contribution in [3.63, 3.8) is 0 Å². The first-order valence-corrected chi connectivity index (χ1v) is 10.5. The zero-order valence-corrected chi connectivity index (χ0v) is 18.4. The van der Waals surface area contributed by atoms with Gasteiger partial charge in [-0.25, -0.2) is 9.97 Å². The van der Waals surface area contributed by atoms with E-state index < -0.39 is 23.8 Å². The first-order chi connectivity index (χ1) is 16.1. The van der Waals surface area contributed by atoms with E-state index in [-0.39, 0.29) is 46.4 Å². The molecule has 12 heteroatoms. The van der Waals surface area contributed by atoms with Crippen LogP contribution in [-0.4, -0.2) is 52.9 Å². The Morgan fingerprint density at radius 1 is 1.24 bits per heavy atom. The van der Waals surface area contributed by atoms with Crippen LogP contribution in [0.1, 0.15) is 35.3 Å². The number of likely N-dealkylation sites (tertiary alicyclic amines) is 1. The summed E-state index contributed by atoms with van der Waals surface area (Å²) in [6.45, 7) is 2.71. The predicted molar refractivity (Wildman–Crippen MR) is 115 cm³/mol. The largest absolute Gasteiger partial charge is 0.494 e. The fourth-order valence-corrected chi connectivity index (χ4v) is 3.62. The molecular formula is C22H22F3N5O4. The molecule has 0 aliphatic carbocycles. The average molecular weight is 477 g/mol. The van der Waals surface area contributed by atoms with E-state index in [1.54, 1.807) is 17.9 Å². The van der Waals surface area contributed by atoms with E-state index in [4.69, 9.17) is 14.9 Å². The number of nitrogens with two attached hydrogens (primary N) is 1. The van der Waals surface area contributed by atoms with Crippen LogP contribution in [0.4, 0.5) is 13.2 Å². The van der Waals surface area contributed by atoms with Gasteiger partial charge in [0.25, 0.3) is 5.91 Å². The normalized spacial score (nSPS) is 14.6. The summed E-state index contributed by atoms with van der Waals surface area (Å²) < 4.78 is 50.4. The van der Waals surface area contributed by atoms with Crippen LogP contribution >= 0.6 is 0 Å². The Hall–Kier alpha value is -3.67. The van der Waals surface area contributed by atoms with E-state index in [1.807, 2.05) is 0 Å². The van der Waals surface area contributed by atoms with E-state index in [0.717, 1.165) is 12.5 Å². The molecule has 1 aromatic carbocycles. The van der Waals surface area contributed by atoms with Crippen LogP contribution in [-0.2, 0) is 17.5 Å². The summed E-state index contributed by atoms with van der Waals surface area (Å²) in [6.07, 6.45) is -3.72. The number of hydrogen-bond donors (Lipinski definition) is 2. The van der Waals surface area contributed by atoms with Gasteiger partial charge in [0.1, 0.15) is 23.0 Å². The van der Waals surface area contributed by atoms with Crippen LogP contribution in [0.2, 0.25) is 0 Å². The van der Waals surface area contributed by atoms with E-state index in [9.17, 15) is 22.8 Å². The summed E-state index contributed by atoms with van der Waals surface area (Å²) >= 11 is 0. The summed E-state index contributed by atoms with van der Waals surface area (Å²) in [5.74, 6) is -0.675. The topological polar surface area (TPSA) is 124 Å². The third-order valence-corrected chi connectivity index (χ3v) is 5.54. The van der Waals surface area contributed by atoms with E-state index in [2.05, 4.69) is 15.3 Å².